The van der Waals surface area contributed by atoms with Gasteiger partial charge in [-0.15, -0.1) is 0 Å². The number of fused-ring (bicyclic) bond motifs is 1. The van der Waals surface area contributed by atoms with Gasteiger partial charge >= 0.3 is 0 Å². The maximum Gasteiger partial charge on any atom is 0.137 e. The lowest BCUT2D eigenvalue weighted by Crippen LogP contribution is -2.47. The Morgan fingerprint density at radius 3 is 2.54 bits per heavy atom. The second kappa shape index (κ2) is 7.68. The minimum atomic E-state index is 0.818. The summed E-state index contributed by atoms with van der Waals surface area (Å²) in [5.74, 6) is 0.818. The summed E-state index contributed by atoms with van der Waals surface area (Å²) in [4.78, 5) is 9.44. The Hall–Kier alpha value is -2.05. The molecule has 0 N–H and O–H groups in total. The number of thiocarbonyl (C=S) groups is 1. The molecule has 0 spiro atoms. The summed E-state index contributed by atoms with van der Waals surface area (Å²) < 4.78 is 3.11. The first-order chi connectivity index (χ1) is 12.7. The van der Waals surface area contributed by atoms with Gasteiger partial charge in [0.2, 0.25) is 0 Å². The molecule has 6 heteroatoms. The first-order valence-corrected chi connectivity index (χ1v) is 10.3. The van der Waals surface area contributed by atoms with E-state index in [0.29, 0.717) is 0 Å². The average molecular weight is 383 g/mol. The third kappa shape index (κ3) is 3.71. The standard InChI is InChI=1S/C20H22N4S2/c1-16-6-5-9-19-21-17(14-24(16)19)15-26-20(25)23-12-10-22(11-13-23)18-7-3-2-4-8-18/h2-9,14H,10-13,15H2,1H3. The van der Waals surface area contributed by atoms with Crippen molar-refractivity contribution >= 4 is 39.6 Å². The topological polar surface area (TPSA) is 23.8 Å². The van der Waals surface area contributed by atoms with E-state index < -0.39 is 0 Å². The van der Waals surface area contributed by atoms with E-state index in [0.717, 1.165) is 47.6 Å². The summed E-state index contributed by atoms with van der Waals surface area (Å²) in [7, 11) is 0. The van der Waals surface area contributed by atoms with E-state index in [1.807, 2.05) is 12.1 Å². The number of nitrogens with zero attached hydrogens (tertiary/aromatic N) is 4. The fourth-order valence-electron chi connectivity index (χ4n) is 3.28. The Morgan fingerprint density at radius 1 is 1.04 bits per heavy atom. The molecule has 26 heavy (non-hydrogen) atoms. The number of hydrogen-bond donors (Lipinski definition) is 0. The second-order valence-corrected chi connectivity index (χ2v) is 8.10. The molecule has 4 nitrogen and oxygen atoms in total. The van der Waals surface area contributed by atoms with Crippen LogP contribution in [0.1, 0.15) is 11.4 Å². The Kier molecular flexibility index (Phi) is 5.13. The Balaban J connectivity index is 1.32. The predicted molar refractivity (Wildman–Crippen MR) is 114 cm³/mol. The third-order valence-corrected chi connectivity index (χ3v) is 6.31. The lowest BCUT2D eigenvalue weighted by Gasteiger charge is -2.37. The van der Waals surface area contributed by atoms with Gasteiger partial charge in [-0.2, -0.15) is 0 Å². The fraction of sp³-hybridized carbons (Fsp3) is 0.300. The van der Waals surface area contributed by atoms with Crippen molar-refractivity contribution in [2.75, 3.05) is 31.1 Å². The Morgan fingerprint density at radius 2 is 1.81 bits per heavy atom. The fourth-order valence-corrected chi connectivity index (χ4v) is 4.42. The average Bonchev–Trinajstić information content (AvgIpc) is 3.11. The van der Waals surface area contributed by atoms with Crippen LogP contribution in [0.15, 0.2) is 54.7 Å². The van der Waals surface area contributed by atoms with Crippen LogP contribution in [0.25, 0.3) is 5.65 Å². The summed E-state index contributed by atoms with van der Waals surface area (Å²) in [6.07, 6.45) is 2.12. The van der Waals surface area contributed by atoms with E-state index in [1.54, 1.807) is 11.8 Å². The van der Waals surface area contributed by atoms with Crippen LogP contribution < -0.4 is 4.90 Å². The number of benzene rings is 1. The normalized spacial score (nSPS) is 14.8. The highest BCUT2D eigenvalue weighted by Crippen LogP contribution is 2.21. The molecule has 1 aromatic carbocycles. The third-order valence-electron chi connectivity index (χ3n) is 4.75. The zero-order chi connectivity index (χ0) is 17.9. The zero-order valence-corrected chi connectivity index (χ0v) is 16.5. The highest BCUT2D eigenvalue weighted by molar-refractivity contribution is 8.22. The summed E-state index contributed by atoms with van der Waals surface area (Å²) >= 11 is 7.39. The molecule has 0 bridgehead atoms. The molecular weight excluding hydrogens is 360 g/mol. The van der Waals surface area contributed by atoms with E-state index in [1.165, 1.54) is 11.4 Å². The van der Waals surface area contributed by atoms with Gasteiger partial charge in [-0.25, -0.2) is 4.98 Å². The first kappa shape index (κ1) is 17.4. The molecule has 2 aromatic heterocycles. The van der Waals surface area contributed by atoms with Gasteiger partial charge in [-0.05, 0) is 31.2 Å². The van der Waals surface area contributed by atoms with Crippen LogP contribution in [0.3, 0.4) is 0 Å². The van der Waals surface area contributed by atoms with Crippen molar-refractivity contribution < 1.29 is 0 Å². The Labute approximate surface area is 163 Å². The molecular formula is C20H22N4S2. The molecule has 3 aromatic rings. The number of thioether (sulfide) groups is 1. The van der Waals surface area contributed by atoms with Gasteiger partial charge in [0.25, 0.3) is 0 Å². The number of pyridine rings is 1. The largest absolute Gasteiger partial charge is 0.368 e. The van der Waals surface area contributed by atoms with Crippen molar-refractivity contribution in [3.63, 3.8) is 0 Å². The van der Waals surface area contributed by atoms with Crippen LogP contribution in [0.4, 0.5) is 5.69 Å². The van der Waals surface area contributed by atoms with E-state index >= 15 is 0 Å². The molecule has 0 saturated carbocycles. The van der Waals surface area contributed by atoms with E-state index in [9.17, 15) is 0 Å². The molecule has 3 heterocycles. The molecule has 0 aliphatic carbocycles. The summed E-state index contributed by atoms with van der Waals surface area (Å²) in [6.45, 7) is 6.08. The molecule has 134 valence electrons. The summed E-state index contributed by atoms with van der Waals surface area (Å²) in [5.41, 5.74) is 4.58. The first-order valence-electron chi connectivity index (χ1n) is 8.86. The second-order valence-electron chi connectivity index (χ2n) is 6.49. The highest BCUT2D eigenvalue weighted by Gasteiger charge is 2.19. The van der Waals surface area contributed by atoms with Crippen molar-refractivity contribution in [1.82, 2.24) is 14.3 Å². The van der Waals surface area contributed by atoms with Crippen molar-refractivity contribution in [2.45, 2.75) is 12.7 Å². The van der Waals surface area contributed by atoms with Crippen molar-refractivity contribution in [2.24, 2.45) is 0 Å². The Bertz CT molecular complexity index is 899. The zero-order valence-electron chi connectivity index (χ0n) is 14.8. The van der Waals surface area contributed by atoms with Gasteiger partial charge in [0.15, 0.2) is 0 Å². The molecule has 0 unspecified atom stereocenters. The quantitative estimate of drug-likeness (QED) is 0.638. The monoisotopic (exact) mass is 382 g/mol. The van der Waals surface area contributed by atoms with Crippen LogP contribution in [0, 0.1) is 6.92 Å². The summed E-state index contributed by atoms with van der Waals surface area (Å²) in [6, 6.07) is 16.8. The van der Waals surface area contributed by atoms with Crippen molar-refractivity contribution in [3.8, 4) is 0 Å². The molecule has 4 rings (SSSR count). The summed E-state index contributed by atoms with van der Waals surface area (Å²) in [5, 5.41) is 0. The lowest BCUT2D eigenvalue weighted by atomic mass is 10.2. The molecule has 0 radical (unpaired) electrons. The molecule has 1 saturated heterocycles. The van der Waals surface area contributed by atoms with Crippen LogP contribution in [-0.2, 0) is 5.75 Å². The number of imidazole rings is 1. The van der Waals surface area contributed by atoms with E-state index in [2.05, 4.69) is 63.7 Å². The van der Waals surface area contributed by atoms with Crippen LogP contribution in [0.2, 0.25) is 0 Å². The maximum absolute atomic E-state index is 5.67. The number of piperazine rings is 1. The lowest BCUT2D eigenvalue weighted by molar-refractivity contribution is 0.397. The van der Waals surface area contributed by atoms with Crippen LogP contribution >= 0.6 is 24.0 Å². The van der Waals surface area contributed by atoms with E-state index in [-0.39, 0.29) is 0 Å². The number of hydrogen-bond acceptors (Lipinski definition) is 4. The van der Waals surface area contributed by atoms with Gasteiger partial charge in [0.05, 0.1) is 5.69 Å². The van der Waals surface area contributed by atoms with Gasteiger partial charge in [0, 0.05) is 49.5 Å². The smallest absolute Gasteiger partial charge is 0.137 e. The minimum absolute atomic E-state index is 0.818. The minimum Gasteiger partial charge on any atom is -0.368 e. The SMILES string of the molecule is Cc1cccc2nc(CSC(=S)N3CCN(c4ccccc4)CC3)cn12. The van der Waals surface area contributed by atoms with Gasteiger partial charge in [-0.3, -0.25) is 0 Å². The molecule has 1 fully saturated rings. The van der Waals surface area contributed by atoms with Gasteiger partial charge < -0.3 is 14.2 Å². The molecule has 0 amide bonds. The molecule has 1 aliphatic heterocycles. The van der Waals surface area contributed by atoms with Crippen molar-refractivity contribution in [1.29, 1.82) is 0 Å². The maximum atomic E-state index is 5.67. The number of anilines is 1. The molecule has 1 aliphatic rings. The number of aromatic nitrogens is 2. The van der Waals surface area contributed by atoms with Crippen LogP contribution in [0.5, 0.6) is 0 Å². The van der Waals surface area contributed by atoms with E-state index in [4.69, 9.17) is 17.2 Å². The number of rotatable bonds is 3. The van der Waals surface area contributed by atoms with Crippen LogP contribution in [-0.4, -0.2) is 44.8 Å². The van der Waals surface area contributed by atoms with Gasteiger partial charge in [0.1, 0.15) is 9.97 Å². The highest BCUT2D eigenvalue weighted by atomic mass is 32.2. The van der Waals surface area contributed by atoms with Gasteiger partial charge in [-0.1, -0.05) is 48.2 Å². The number of para-hydroxylation sites is 1. The molecule has 0 atom stereocenters. The number of aryl methyl sites for hydroxylation is 1. The predicted octanol–water partition coefficient (Wildman–Crippen LogP) is 3.98. The van der Waals surface area contributed by atoms with Crippen molar-refractivity contribution in [3.05, 3.63) is 66.1 Å².